The molecule has 0 aliphatic rings. The van der Waals surface area contributed by atoms with E-state index in [9.17, 15) is 23.3 Å². The number of alkyl halides is 3. The first-order valence-electron chi connectivity index (χ1n) is 10.5. The molecule has 1 heterocycles. The fourth-order valence-electron chi connectivity index (χ4n) is 3.81. The van der Waals surface area contributed by atoms with Gasteiger partial charge in [-0.05, 0) is 47.9 Å². The lowest BCUT2D eigenvalue weighted by Gasteiger charge is -2.08. The lowest BCUT2D eigenvalue weighted by atomic mass is 10.0. The second kappa shape index (κ2) is 10.1. The quantitative estimate of drug-likeness (QED) is 0.190. The van der Waals surface area contributed by atoms with Crippen LogP contribution in [0.3, 0.4) is 0 Å². The van der Waals surface area contributed by atoms with Gasteiger partial charge in [0.1, 0.15) is 11.4 Å². The lowest BCUT2D eigenvalue weighted by molar-refractivity contribution is -0.545. The Morgan fingerprint density at radius 1 is 0.914 bits per heavy atom. The van der Waals surface area contributed by atoms with Gasteiger partial charge in [0.05, 0.1) is 10.6 Å². The summed E-state index contributed by atoms with van der Waals surface area (Å²) < 4.78 is 39.5. The highest BCUT2D eigenvalue weighted by Crippen LogP contribution is 2.34. The first kappa shape index (κ1) is 24.8. The minimum atomic E-state index is -4.43. The SMILES string of the molecule is O=[N+]([O-])n1c(CCc2ccc(C(F)(F)F)cc2)nc(-c2ccc(Cl)cc2Cl)c1Cc1ccccc1. The number of aromatic nitrogens is 2. The third-order valence-corrected chi connectivity index (χ3v) is 6.04. The van der Waals surface area contributed by atoms with Crippen molar-refractivity contribution in [2.24, 2.45) is 0 Å². The van der Waals surface area contributed by atoms with Crippen LogP contribution in [0.2, 0.25) is 10.0 Å². The van der Waals surface area contributed by atoms with Crippen molar-refractivity contribution in [3.63, 3.8) is 0 Å². The molecule has 0 bridgehead atoms. The fourth-order valence-corrected chi connectivity index (χ4v) is 4.31. The van der Waals surface area contributed by atoms with E-state index in [-0.39, 0.29) is 25.1 Å². The molecule has 0 unspecified atom stereocenters. The molecule has 4 aromatic rings. The number of benzene rings is 3. The predicted octanol–water partition coefficient (Wildman–Crippen LogP) is 7.29. The van der Waals surface area contributed by atoms with Crippen molar-refractivity contribution in [2.75, 3.05) is 0 Å². The molecule has 0 saturated heterocycles. The molecule has 0 fully saturated rings. The van der Waals surface area contributed by atoms with E-state index in [0.29, 0.717) is 32.6 Å². The maximum atomic E-state index is 12.8. The number of nitro groups is 1. The number of imidazole rings is 1. The Kier molecular flexibility index (Phi) is 7.14. The van der Waals surface area contributed by atoms with Gasteiger partial charge < -0.3 is 0 Å². The molecule has 0 N–H and O–H groups in total. The van der Waals surface area contributed by atoms with Crippen LogP contribution in [0.25, 0.3) is 11.3 Å². The van der Waals surface area contributed by atoms with E-state index in [1.807, 2.05) is 30.3 Å². The molecule has 0 radical (unpaired) electrons. The molecular weight excluding hydrogens is 502 g/mol. The van der Waals surface area contributed by atoms with Gasteiger partial charge in [0.15, 0.2) is 10.9 Å². The lowest BCUT2D eigenvalue weighted by Crippen LogP contribution is -2.17. The highest BCUT2D eigenvalue weighted by molar-refractivity contribution is 6.36. The molecule has 10 heteroatoms. The van der Waals surface area contributed by atoms with Gasteiger partial charge in [-0.25, -0.2) is 15.1 Å². The van der Waals surface area contributed by atoms with E-state index in [1.165, 1.54) is 18.2 Å². The van der Waals surface area contributed by atoms with Crippen molar-refractivity contribution < 1.29 is 18.2 Å². The van der Waals surface area contributed by atoms with Crippen LogP contribution >= 0.6 is 23.2 Å². The molecule has 0 aliphatic heterocycles. The molecular formula is C25H18Cl2F3N3O2. The molecule has 180 valence electrons. The summed E-state index contributed by atoms with van der Waals surface area (Å²) in [6.45, 7) is 0. The van der Waals surface area contributed by atoms with E-state index in [2.05, 4.69) is 4.98 Å². The molecule has 0 atom stereocenters. The number of rotatable bonds is 7. The molecule has 0 saturated carbocycles. The van der Waals surface area contributed by atoms with Gasteiger partial charge in [-0.15, -0.1) is 0 Å². The molecule has 0 spiro atoms. The zero-order valence-corrected chi connectivity index (χ0v) is 19.6. The molecule has 4 rings (SSSR count). The first-order chi connectivity index (χ1) is 16.6. The number of hydrogen-bond acceptors (Lipinski definition) is 3. The topological polar surface area (TPSA) is 61.0 Å². The van der Waals surface area contributed by atoms with E-state index in [4.69, 9.17) is 23.2 Å². The van der Waals surface area contributed by atoms with Crippen LogP contribution in [-0.4, -0.2) is 14.7 Å². The largest absolute Gasteiger partial charge is 0.416 e. The highest BCUT2D eigenvalue weighted by atomic mass is 35.5. The highest BCUT2D eigenvalue weighted by Gasteiger charge is 2.30. The average molecular weight is 520 g/mol. The number of aryl methyl sites for hydroxylation is 2. The van der Waals surface area contributed by atoms with Crippen molar-refractivity contribution in [3.05, 3.63) is 121 Å². The van der Waals surface area contributed by atoms with E-state index < -0.39 is 16.8 Å². The number of nitrogens with zero attached hydrogens (tertiary/aromatic N) is 3. The molecule has 0 aliphatic carbocycles. The van der Waals surface area contributed by atoms with Crippen LogP contribution in [0.1, 0.15) is 28.2 Å². The monoisotopic (exact) mass is 519 g/mol. The van der Waals surface area contributed by atoms with Gasteiger partial charge in [-0.3, -0.25) is 0 Å². The zero-order chi connectivity index (χ0) is 25.2. The van der Waals surface area contributed by atoms with E-state index in [1.54, 1.807) is 12.1 Å². The Labute approximate surface area is 208 Å². The third-order valence-electron chi connectivity index (χ3n) is 5.50. The third kappa shape index (κ3) is 5.66. The Hall–Kier alpha value is -3.36. The molecule has 35 heavy (non-hydrogen) atoms. The van der Waals surface area contributed by atoms with Gasteiger partial charge >= 0.3 is 6.18 Å². The van der Waals surface area contributed by atoms with Crippen LogP contribution in [0.5, 0.6) is 0 Å². The minimum Gasteiger partial charge on any atom is -0.234 e. The van der Waals surface area contributed by atoms with Gasteiger partial charge in [0, 0.05) is 23.4 Å². The average Bonchev–Trinajstić information content (AvgIpc) is 3.16. The van der Waals surface area contributed by atoms with Crippen molar-refractivity contribution in [3.8, 4) is 11.3 Å². The Morgan fingerprint density at radius 3 is 2.20 bits per heavy atom. The Balaban J connectivity index is 1.74. The molecule has 3 aromatic carbocycles. The maximum Gasteiger partial charge on any atom is 0.416 e. The summed E-state index contributed by atoms with van der Waals surface area (Å²) in [7, 11) is 0. The minimum absolute atomic E-state index is 0.138. The van der Waals surface area contributed by atoms with Crippen LogP contribution in [-0.2, 0) is 25.4 Å². The summed E-state index contributed by atoms with van der Waals surface area (Å²) in [5, 5.41) is 12.3. The van der Waals surface area contributed by atoms with Gasteiger partial charge in [-0.1, -0.05) is 70.3 Å². The van der Waals surface area contributed by atoms with E-state index in [0.717, 1.165) is 22.4 Å². The Bertz CT molecular complexity index is 1360. The second-order valence-electron chi connectivity index (χ2n) is 7.85. The normalized spacial score (nSPS) is 11.6. The standard InChI is InChI=1S/C25H18Cl2F3N3O2/c26-19-11-12-20(21(27)15-19)24-22(14-17-4-2-1-3-5-17)32(33(34)35)23(31-24)13-8-16-6-9-18(10-7-16)25(28,29)30/h1-7,9-12,15H,8,13-14H2. The van der Waals surface area contributed by atoms with Crippen LogP contribution < -0.4 is 0 Å². The van der Waals surface area contributed by atoms with Crippen molar-refractivity contribution in [1.82, 2.24) is 9.66 Å². The van der Waals surface area contributed by atoms with Crippen LogP contribution in [0.15, 0.2) is 72.8 Å². The number of hydrogen-bond donors (Lipinski definition) is 0. The summed E-state index contributed by atoms with van der Waals surface area (Å²) in [6.07, 6.45) is -3.80. The molecule has 1 aromatic heterocycles. The predicted molar refractivity (Wildman–Crippen MR) is 128 cm³/mol. The fraction of sp³-hybridized carbons (Fsp3) is 0.160. The second-order valence-corrected chi connectivity index (χ2v) is 8.70. The summed E-state index contributed by atoms with van der Waals surface area (Å²) in [5.41, 5.74) is 1.89. The van der Waals surface area contributed by atoms with Crippen molar-refractivity contribution in [2.45, 2.75) is 25.4 Å². The summed E-state index contributed by atoms with van der Waals surface area (Å²) in [6, 6.07) is 18.8. The Morgan fingerprint density at radius 2 is 1.60 bits per heavy atom. The summed E-state index contributed by atoms with van der Waals surface area (Å²) in [4.78, 5) is 16.7. The summed E-state index contributed by atoms with van der Waals surface area (Å²) in [5.74, 6) is 0.168. The van der Waals surface area contributed by atoms with Gasteiger partial charge in [0.2, 0.25) is 0 Å². The van der Waals surface area contributed by atoms with Crippen LogP contribution in [0, 0.1) is 10.1 Å². The van der Waals surface area contributed by atoms with Crippen LogP contribution in [0.4, 0.5) is 13.2 Å². The summed E-state index contributed by atoms with van der Waals surface area (Å²) >= 11 is 12.4. The van der Waals surface area contributed by atoms with Crippen molar-refractivity contribution >= 4 is 23.2 Å². The number of halogens is 5. The smallest absolute Gasteiger partial charge is 0.234 e. The van der Waals surface area contributed by atoms with Gasteiger partial charge in [0.25, 0.3) is 0 Å². The maximum absolute atomic E-state index is 12.8. The molecule has 5 nitrogen and oxygen atoms in total. The molecule has 0 amide bonds. The van der Waals surface area contributed by atoms with Gasteiger partial charge in [-0.2, -0.15) is 13.2 Å². The zero-order valence-electron chi connectivity index (χ0n) is 18.1. The van der Waals surface area contributed by atoms with E-state index >= 15 is 0 Å². The first-order valence-corrected chi connectivity index (χ1v) is 11.3. The van der Waals surface area contributed by atoms with Crippen molar-refractivity contribution in [1.29, 1.82) is 0 Å².